The van der Waals surface area contributed by atoms with Gasteiger partial charge in [-0.1, -0.05) is 70.1 Å². The summed E-state index contributed by atoms with van der Waals surface area (Å²) in [7, 11) is 1.53. The van der Waals surface area contributed by atoms with Gasteiger partial charge in [0.25, 0.3) is 5.91 Å². The summed E-state index contributed by atoms with van der Waals surface area (Å²) in [6.07, 6.45) is -5.01. The number of azide groups is 1. The van der Waals surface area contributed by atoms with Gasteiger partial charge < -0.3 is 15.0 Å². The topological polar surface area (TPSA) is 180 Å². The van der Waals surface area contributed by atoms with E-state index in [9.17, 15) is 33.1 Å². The molecule has 14 nitrogen and oxygen atoms in total. The molecular formula is C34H45F3N10O4. The van der Waals surface area contributed by atoms with Gasteiger partial charge in [-0.2, -0.15) is 13.2 Å². The number of amides is 2. The minimum absolute atomic E-state index is 0.0226. The van der Waals surface area contributed by atoms with Crippen molar-refractivity contribution < 1.29 is 32.3 Å². The zero-order chi connectivity index (χ0) is 38.3. The van der Waals surface area contributed by atoms with Crippen LogP contribution in [0.25, 0.3) is 10.4 Å². The molecular weight excluding hydrogens is 669 g/mol. The molecule has 0 fully saturated rings. The first-order valence-corrected chi connectivity index (χ1v) is 16.6. The number of para-hydroxylation sites is 1. The minimum atomic E-state index is -4.53. The number of carbonyl (C=O) groups is 3. The van der Waals surface area contributed by atoms with Gasteiger partial charge in [0, 0.05) is 36.6 Å². The van der Waals surface area contributed by atoms with Crippen molar-refractivity contribution in [3.63, 3.8) is 0 Å². The second-order valence-corrected chi connectivity index (χ2v) is 11.4. The normalized spacial score (nSPS) is 15.0. The van der Waals surface area contributed by atoms with Crippen LogP contribution in [0, 0.1) is 11.8 Å². The van der Waals surface area contributed by atoms with Crippen molar-refractivity contribution >= 4 is 29.2 Å². The number of ether oxygens (including phenoxy) is 1. The third kappa shape index (κ3) is 11.4. The van der Waals surface area contributed by atoms with Crippen LogP contribution in [-0.2, 0) is 31.8 Å². The number of halogens is 3. The number of likely N-dealkylation sites (N-methyl/N-ethyl adjacent to an activating group) is 1. The predicted octanol–water partition coefficient (Wildman–Crippen LogP) is 6.67. The van der Waals surface area contributed by atoms with Crippen molar-refractivity contribution in [3.05, 3.63) is 81.5 Å². The van der Waals surface area contributed by atoms with E-state index in [0.29, 0.717) is 36.4 Å². The maximum atomic E-state index is 13.9. The Balaban J connectivity index is 0.00000102. The summed E-state index contributed by atoms with van der Waals surface area (Å²) in [5, 5.41) is 18.3. The Kier molecular flexibility index (Phi) is 16.2. The monoisotopic (exact) mass is 714 g/mol. The number of nitrogens with zero attached hydrogens (tertiary/aromatic N) is 9. The number of rotatable bonds is 11. The van der Waals surface area contributed by atoms with Gasteiger partial charge in [0.1, 0.15) is 6.04 Å². The molecule has 3 aromatic rings. The highest BCUT2D eigenvalue weighted by molar-refractivity contribution is 6.20. The van der Waals surface area contributed by atoms with E-state index in [1.54, 1.807) is 31.2 Å². The molecule has 2 amide bonds. The number of hydrogen-bond acceptors (Lipinski definition) is 9. The van der Waals surface area contributed by atoms with Crippen molar-refractivity contribution in [2.75, 3.05) is 18.6 Å². The van der Waals surface area contributed by atoms with Crippen molar-refractivity contribution in [1.82, 2.24) is 25.5 Å². The lowest BCUT2D eigenvalue weighted by atomic mass is 9.89. The Bertz CT molecular complexity index is 1690. The molecule has 4 rings (SSSR count). The van der Waals surface area contributed by atoms with Gasteiger partial charge in [-0.15, -0.1) is 5.10 Å². The number of hydrogen-bond donors (Lipinski definition) is 1. The average molecular weight is 715 g/mol. The van der Waals surface area contributed by atoms with E-state index in [1.807, 2.05) is 34.6 Å². The summed E-state index contributed by atoms with van der Waals surface area (Å²) < 4.78 is 45.6. The van der Waals surface area contributed by atoms with Crippen molar-refractivity contribution in [1.29, 1.82) is 0 Å². The zero-order valence-corrected chi connectivity index (χ0v) is 30.0. The van der Waals surface area contributed by atoms with Gasteiger partial charge in [-0.05, 0) is 59.8 Å². The van der Waals surface area contributed by atoms with E-state index in [-0.39, 0.29) is 29.8 Å². The second-order valence-electron chi connectivity index (χ2n) is 11.4. The molecule has 0 saturated heterocycles. The number of aliphatic imine (C=N–C) groups is 1. The van der Waals surface area contributed by atoms with Crippen LogP contribution in [0.1, 0.15) is 89.9 Å². The van der Waals surface area contributed by atoms with Gasteiger partial charge in [-0.25, -0.2) is 9.67 Å². The number of anilines is 1. The first kappa shape index (κ1) is 41.9. The fourth-order valence-corrected chi connectivity index (χ4v) is 5.16. The molecule has 1 aliphatic heterocycles. The molecule has 0 bridgehead atoms. The molecule has 17 heteroatoms. The summed E-state index contributed by atoms with van der Waals surface area (Å²) in [5.74, 6) is -2.17. The van der Waals surface area contributed by atoms with Crippen molar-refractivity contribution in [3.8, 4) is 0 Å². The average Bonchev–Trinajstić information content (AvgIpc) is 3.52. The van der Waals surface area contributed by atoms with Crippen LogP contribution < -0.4 is 10.2 Å². The highest BCUT2D eigenvalue weighted by Crippen LogP contribution is 2.33. The van der Waals surface area contributed by atoms with Gasteiger partial charge in [0.05, 0.1) is 29.5 Å². The summed E-state index contributed by atoms with van der Waals surface area (Å²) >= 11 is 0. The summed E-state index contributed by atoms with van der Waals surface area (Å²) in [6.45, 7) is 13.8. The molecule has 1 N–H and O–H groups in total. The van der Waals surface area contributed by atoms with E-state index in [4.69, 9.17) is 0 Å². The number of fused-ring (bicyclic) bond motifs is 1. The molecule has 0 aliphatic carbocycles. The number of aromatic nitrogens is 4. The minimum Gasteiger partial charge on any atom is -0.466 e. The van der Waals surface area contributed by atoms with E-state index >= 15 is 0 Å². The molecule has 0 radical (unpaired) electrons. The van der Waals surface area contributed by atoms with Gasteiger partial charge in [0.15, 0.2) is 5.82 Å². The number of aryl methyl sites for hydroxylation is 1. The Hall–Kier alpha value is -5.31. The van der Waals surface area contributed by atoms with E-state index in [1.165, 1.54) is 35.7 Å². The number of benzodiazepines with no additional fused rings is 1. The third-order valence-corrected chi connectivity index (χ3v) is 7.33. The highest BCUT2D eigenvalue weighted by atomic mass is 19.4. The summed E-state index contributed by atoms with van der Waals surface area (Å²) in [5.41, 5.74) is 10.1. The number of tetrazole rings is 1. The number of alkyl halides is 3. The fraction of sp³-hybridized carbons (Fsp3) is 0.500. The molecule has 2 aromatic carbocycles. The van der Waals surface area contributed by atoms with Crippen LogP contribution in [-0.4, -0.2) is 63.5 Å². The number of carbonyl (C=O) groups excluding carboxylic acids is 3. The van der Waals surface area contributed by atoms with Crippen LogP contribution in [0.15, 0.2) is 58.6 Å². The molecule has 0 unspecified atom stereocenters. The lowest BCUT2D eigenvalue weighted by molar-refractivity contribution is -0.140. The third-order valence-electron chi connectivity index (χ3n) is 7.33. The standard InChI is InChI=1S/C28H31F3N10O2.C4H8O2.C2H6/c1-5-14-41-25(36-38-39-41)23(35-37-32)20(15-16(2)3)26(42)34-24-27(43)40(4)21-9-7-6-8-19(21)22(33-24)17-10-12-18(13-11-17)28(29,30)31;1-3-6-4(2)5;1-2/h6-13,16,20,23-24H,5,14-15H2,1-4H3,(H,34,42);3H2,1-2H3;1-2H3/t20-,23-,24-;;/m1../s1. The summed E-state index contributed by atoms with van der Waals surface area (Å²) in [4.78, 5) is 46.3. The van der Waals surface area contributed by atoms with Gasteiger partial charge in [0.2, 0.25) is 12.1 Å². The molecule has 0 spiro atoms. The number of benzene rings is 2. The van der Waals surface area contributed by atoms with E-state index in [0.717, 1.165) is 12.1 Å². The first-order chi connectivity index (χ1) is 24.2. The van der Waals surface area contributed by atoms with Crippen LogP contribution in [0.4, 0.5) is 18.9 Å². The second kappa shape index (κ2) is 19.8. The molecule has 276 valence electrons. The maximum Gasteiger partial charge on any atom is 0.416 e. The Morgan fingerprint density at radius 2 is 1.75 bits per heavy atom. The molecule has 1 aromatic heterocycles. The Labute approximate surface area is 295 Å². The van der Waals surface area contributed by atoms with Crippen LogP contribution in [0.3, 0.4) is 0 Å². The zero-order valence-electron chi connectivity index (χ0n) is 30.0. The van der Waals surface area contributed by atoms with Crippen molar-refractivity contribution in [2.45, 2.75) is 86.2 Å². The first-order valence-electron chi connectivity index (χ1n) is 16.6. The largest absolute Gasteiger partial charge is 0.466 e. The van der Waals surface area contributed by atoms with Crippen molar-refractivity contribution in [2.24, 2.45) is 21.9 Å². The van der Waals surface area contributed by atoms with Gasteiger partial charge in [-0.3, -0.25) is 14.4 Å². The quantitative estimate of drug-likeness (QED) is 0.0997. The Morgan fingerprint density at radius 3 is 2.27 bits per heavy atom. The smallest absolute Gasteiger partial charge is 0.416 e. The molecule has 2 heterocycles. The Morgan fingerprint density at radius 1 is 1.10 bits per heavy atom. The van der Waals surface area contributed by atoms with E-state index < -0.39 is 41.7 Å². The molecule has 1 aliphatic rings. The van der Waals surface area contributed by atoms with Crippen LogP contribution in [0.5, 0.6) is 0 Å². The molecule has 3 atom stereocenters. The van der Waals surface area contributed by atoms with Gasteiger partial charge >= 0.3 is 12.1 Å². The number of nitrogens with one attached hydrogen (secondary N) is 1. The predicted molar refractivity (Wildman–Crippen MR) is 185 cm³/mol. The molecule has 51 heavy (non-hydrogen) atoms. The van der Waals surface area contributed by atoms with E-state index in [2.05, 4.69) is 40.6 Å². The fourth-order valence-electron chi connectivity index (χ4n) is 5.16. The van der Waals surface area contributed by atoms with Crippen LogP contribution >= 0.6 is 0 Å². The summed E-state index contributed by atoms with van der Waals surface area (Å²) in [6, 6.07) is 10.2. The lowest BCUT2D eigenvalue weighted by Crippen LogP contribution is -2.48. The lowest BCUT2D eigenvalue weighted by Gasteiger charge is -2.26. The SMILES string of the molecule is CC.CCCn1nnnc1[C@H](N=[N+]=[N-])[C@@H](CC(C)C)C(=O)N[C@H]1N=C(c2ccc(C(F)(F)F)cc2)c2ccccc2N(C)C1=O.CCOC(C)=O. The number of esters is 1. The maximum absolute atomic E-state index is 13.9. The van der Waals surface area contributed by atoms with Crippen LogP contribution in [0.2, 0.25) is 0 Å². The highest BCUT2D eigenvalue weighted by Gasteiger charge is 2.38. The molecule has 0 saturated carbocycles.